The SMILES string of the molecule is CCCCC(C)C1(N2CCN(C(=O)C3CCOC3)CC2)C(F)CNCC1NC(=O)C(C(N)N)C(/C=C(/C)CC)N1CCCCC(F)C1. The van der Waals surface area contributed by atoms with Gasteiger partial charge in [0, 0.05) is 58.5 Å². The standard InChI is InChI=1S/C35H63F2N7O3/c1-5-7-10-25(4)35(44-16-14-42(15-17-44)34(46)26-12-18-47-23-26)29(37)20-40-21-30(35)41-33(45)31(32(38)39)28(19-24(3)6-2)43-13-9-8-11-27(36)22-43/h19,25-32,40H,5-18,20-23,38-39H2,1-4H3,(H,41,45)/b24-19-. The molecule has 12 heteroatoms. The molecule has 0 spiro atoms. The smallest absolute Gasteiger partial charge is 0.228 e. The van der Waals surface area contributed by atoms with Crippen molar-refractivity contribution in [1.29, 1.82) is 0 Å². The number of allylic oxidation sites excluding steroid dienone is 1. The predicted octanol–water partition coefficient (Wildman–Crippen LogP) is 2.57. The van der Waals surface area contributed by atoms with E-state index in [0.717, 1.165) is 50.5 Å². The minimum absolute atomic E-state index is 0.0729. The zero-order chi connectivity index (χ0) is 34.1. The average molecular weight is 668 g/mol. The Morgan fingerprint density at radius 2 is 1.83 bits per heavy atom. The van der Waals surface area contributed by atoms with Crippen LogP contribution in [0.15, 0.2) is 11.6 Å². The Morgan fingerprint density at radius 1 is 1.09 bits per heavy atom. The summed E-state index contributed by atoms with van der Waals surface area (Å²) >= 11 is 0. The summed E-state index contributed by atoms with van der Waals surface area (Å²) < 4.78 is 37.2. The van der Waals surface area contributed by atoms with E-state index in [1.807, 2.05) is 22.8 Å². The van der Waals surface area contributed by atoms with Crippen LogP contribution in [-0.2, 0) is 14.3 Å². The second-order valence-electron chi connectivity index (χ2n) is 14.5. The van der Waals surface area contributed by atoms with E-state index in [2.05, 4.69) is 36.3 Å². The van der Waals surface area contributed by atoms with Crippen LogP contribution in [-0.4, -0.2) is 128 Å². The molecule has 4 heterocycles. The molecule has 0 aromatic carbocycles. The van der Waals surface area contributed by atoms with E-state index in [1.165, 1.54) is 0 Å². The molecule has 47 heavy (non-hydrogen) atoms. The maximum Gasteiger partial charge on any atom is 0.228 e. The number of nitrogens with two attached hydrogens (primary N) is 2. The molecule has 4 fully saturated rings. The third-order valence-corrected chi connectivity index (χ3v) is 11.4. The van der Waals surface area contributed by atoms with Crippen LogP contribution in [0.25, 0.3) is 0 Å². The molecule has 8 atom stereocenters. The summed E-state index contributed by atoms with van der Waals surface area (Å²) in [5.41, 5.74) is 12.9. The fraction of sp³-hybridized carbons (Fsp3) is 0.886. The predicted molar refractivity (Wildman–Crippen MR) is 182 cm³/mol. The van der Waals surface area contributed by atoms with Crippen molar-refractivity contribution in [2.75, 3.05) is 65.6 Å². The Labute approximate surface area is 281 Å². The molecular weight excluding hydrogens is 604 g/mol. The summed E-state index contributed by atoms with van der Waals surface area (Å²) in [7, 11) is 0. The zero-order valence-electron chi connectivity index (χ0n) is 29.4. The summed E-state index contributed by atoms with van der Waals surface area (Å²) in [6, 6.07) is -1.04. The van der Waals surface area contributed by atoms with E-state index in [9.17, 15) is 14.0 Å². The molecule has 0 aromatic rings. The van der Waals surface area contributed by atoms with Gasteiger partial charge in [0.15, 0.2) is 0 Å². The number of piperidine rings is 1. The lowest BCUT2D eigenvalue weighted by molar-refractivity contribution is -0.143. The highest BCUT2D eigenvalue weighted by molar-refractivity contribution is 5.81. The minimum atomic E-state index is -1.25. The van der Waals surface area contributed by atoms with Gasteiger partial charge in [0.05, 0.1) is 36.2 Å². The summed E-state index contributed by atoms with van der Waals surface area (Å²) in [5.74, 6) is -1.24. The summed E-state index contributed by atoms with van der Waals surface area (Å²) in [5, 5.41) is 6.55. The molecule has 8 unspecified atom stereocenters. The summed E-state index contributed by atoms with van der Waals surface area (Å²) in [6.45, 7) is 12.9. The van der Waals surface area contributed by atoms with Crippen molar-refractivity contribution in [3.8, 4) is 0 Å². The number of hydrogen-bond acceptors (Lipinski definition) is 8. The van der Waals surface area contributed by atoms with Crippen LogP contribution in [0, 0.1) is 17.8 Å². The fourth-order valence-corrected chi connectivity index (χ4v) is 8.55. The topological polar surface area (TPSA) is 129 Å². The van der Waals surface area contributed by atoms with Gasteiger partial charge in [0.1, 0.15) is 12.3 Å². The van der Waals surface area contributed by atoms with Crippen LogP contribution in [0.1, 0.15) is 79.1 Å². The molecular formula is C35H63F2N7O3. The van der Waals surface area contributed by atoms with Gasteiger partial charge in [-0.05, 0) is 57.9 Å². The number of carbonyl (C=O) groups excluding carboxylic acids is 2. The molecule has 270 valence electrons. The summed E-state index contributed by atoms with van der Waals surface area (Å²) in [6.07, 6.45) is 5.21. The number of nitrogens with zero attached hydrogens (tertiary/aromatic N) is 3. The highest BCUT2D eigenvalue weighted by atomic mass is 19.1. The van der Waals surface area contributed by atoms with Crippen molar-refractivity contribution in [1.82, 2.24) is 25.3 Å². The first-order valence-electron chi connectivity index (χ1n) is 18.4. The number of amides is 2. The number of alkyl halides is 2. The molecule has 4 rings (SSSR count). The Bertz CT molecular complexity index is 1040. The second-order valence-corrected chi connectivity index (χ2v) is 14.5. The van der Waals surface area contributed by atoms with Gasteiger partial charge >= 0.3 is 0 Å². The first kappa shape index (κ1) is 38.1. The molecule has 10 nitrogen and oxygen atoms in total. The van der Waals surface area contributed by atoms with Crippen molar-refractivity contribution >= 4 is 11.8 Å². The minimum Gasteiger partial charge on any atom is -0.381 e. The number of ether oxygens (including phenoxy) is 1. The van der Waals surface area contributed by atoms with Gasteiger partial charge in [-0.1, -0.05) is 45.3 Å². The molecule has 0 saturated carbocycles. The number of piperazine rings is 1. The zero-order valence-corrected chi connectivity index (χ0v) is 29.4. The maximum absolute atomic E-state index is 16.8. The van der Waals surface area contributed by atoms with E-state index in [4.69, 9.17) is 16.2 Å². The molecule has 0 radical (unpaired) electrons. The molecule has 0 aliphatic carbocycles. The van der Waals surface area contributed by atoms with Gasteiger partial charge < -0.3 is 31.7 Å². The van der Waals surface area contributed by atoms with E-state index < -0.39 is 42.0 Å². The first-order valence-corrected chi connectivity index (χ1v) is 18.4. The Hall–Kier alpha value is -1.70. The van der Waals surface area contributed by atoms with Gasteiger partial charge in [0.25, 0.3) is 0 Å². The molecule has 2 amide bonds. The van der Waals surface area contributed by atoms with Gasteiger partial charge in [-0.15, -0.1) is 0 Å². The third-order valence-electron chi connectivity index (χ3n) is 11.4. The fourth-order valence-electron chi connectivity index (χ4n) is 8.55. The average Bonchev–Trinajstić information content (AvgIpc) is 3.51. The van der Waals surface area contributed by atoms with Crippen LogP contribution in [0.5, 0.6) is 0 Å². The highest BCUT2D eigenvalue weighted by Crippen LogP contribution is 2.40. The lowest BCUT2D eigenvalue weighted by atomic mass is 9.69. The lowest BCUT2D eigenvalue weighted by Gasteiger charge is -2.58. The quantitative estimate of drug-likeness (QED) is 0.174. The number of unbranched alkanes of at least 4 members (excludes halogenated alkanes) is 1. The van der Waals surface area contributed by atoms with Crippen molar-refractivity contribution in [2.45, 2.75) is 115 Å². The van der Waals surface area contributed by atoms with E-state index in [-0.39, 0.29) is 36.7 Å². The van der Waals surface area contributed by atoms with E-state index in [0.29, 0.717) is 58.9 Å². The number of nitrogens with one attached hydrogen (secondary N) is 2. The largest absolute Gasteiger partial charge is 0.381 e. The van der Waals surface area contributed by atoms with Crippen LogP contribution >= 0.6 is 0 Å². The normalized spacial score (nSPS) is 32.2. The van der Waals surface area contributed by atoms with Crippen LogP contribution in [0.4, 0.5) is 8.78 Å². The highest BCUT2D eigenvalue weighted by Gasteiger charge is 2.57. The molecule has 6 N–H and O–H groups in total. The number of likely N-dealkylation sites (tertiary alicyclic amines) is 1. The lowest BCUT2D eigenvalue weighted by Crippen LogP contribution is -2.78. The molecule has 4 aliphatic rings. The number of halogens is 2. The molecule has 4 saturated heterocycles. The van der Waals surface area contributed by atoms with Gasteiger partial charge in [0.2, 0.25) is 11.8 Å². The number of hydrogen-bond donors (Lipinski definition) is 4. The Kier molecular flexibility index (Phi) is 14.4. The summed E-state index contributed by atoms with van der Waals surface area (Å²) in [4.78, 5) is 33.9. The van der Waals surface area contributed by atoms with Crippen molar-refractivity contribution in [3.05, 3.63) is 11.6 Å². The molecule has 0 aromatic heterocycles. The maximum atomic E-state index is 16.8. The Morgan fingerprint density at radius 3 is 2.47 bits per heavy atom. The second kappa shape index (κ2) is 17.8. The Balaban J connectivity index is 1.64. The first-order chi connectivity index (χ1) is 22.5. The van der Waals surface area contributed by atoms with Crippen molar-refractivity contribution in [2.24, 2.45) is 29.2 Å². The van der Waals surface area contributed by atoms with Crippen molar-refractivity contribution < 1.29 is 23.1 Å². The van der Waals surface area contributed by atoms with Gasteiger partial charge in [-0.25, -0.2) is 8.78 Å². The van der Waals surface area contributed by atoms with E-state index >= 15 is 4.39 Å². The number of carbonyl (C=O) groups is 2. The van der Waals surface area contributed by atoms with Gasteiger partial charge in [-0.2, -0.15) is 0 Å². The molecule has 0 bridgehead atoms. The van der Waals surface area contributed by atoms with Crippen LogP contribution in [0.3, 0.4) is 0 Å². The van der Waals surface area contributed by atoms with E-state index in [1.54, 1.807) is 0 Å². The molecule has 4 aliphatic heterocycles. The third kappa shape index (κ3) is 8.91. The van der Waals surface area contributed by atoms with Crippen LogP contribution in [0.2, 0.25) is 0 Å². The van der Waals surface area contributed by atoms with Gasteiger partial charge in [-0.3, -0.25) is 19.4 Å². The van der Waals surface area contributed by atoms with Crippen molar-refractivity contribution in [3.63, 3.8) is 0 Å². The number of rotatable bonds is 13. The monoisotopic (exact) mass is 667 g/mol. The van der Waals surface area contributed by atoms with Crippen LogP contribution < -0.4 is 22.1 Å².